The number of carbonyl (C=O) groups excluding carboxylic acids is 1. The van der Waals surface area contributed by atoms with Gasteiger partial charge < -0.3 is 16.4 Å². The van der Waals surface area contributed by atoms with Crippen LogP contribution in [0.2, 0.25) is 0 Å². The summed E-state index contributed by atoms with van der Waals surface area (Å²) in [5, 5.41) is 4.67. The third kappa shape index (κ3) is 3.19. The lowest BCUT2D eigenvalue weighted by Crippen LogP contribution is -2.25. The molecule has 8 nitrogen and oxygen atoms in total. The van der Waals surface area contributed by atoms with Gasteiger partial charge in [0.05, 0.1) is 11.4 Å². The van der Waals surface area contributed by atoms with Crippen LogP contribution in [0.3, 0.4) is 0 Å². The highest BCUT2D eigenvalue weighted by atomic mass is 32.2. The summed E-state index contributed by atoms with van der Waals surface area (Å²) >= 11 is 0. The van der Waals surface area contributed by atoms with Crippen molar-refractivity contribution in [3.63, 3.8) is 0 Å². The first-order chi connectivity index (χ1) is 12.2. The number of aromatic nitrogens is 2. The van der Waals surface area contributed by atoms with Crippen LogP contribution in [0.4, 0.5) is 20.7 Å². The van der Waals surface area contributed by atoms with Crippen LogP contribution in [-0.4, -0.2) is 37.7 Å². The van der Waals surface area contributed by atoms with Crippen LogP contribution in [0.15, 0.2) is 24.3 Å². The topological polar surface area (TPSA) is 127 Å². The molecule has 138 valence electrons. The molecule has 1 aliphatic rings. The van der Waals surface area contributed by atoms with E-state index in [2.05, 4.69) is 20.6 Å². The van der Waals surface area contributed by atoms with Crippen molar-refractivity contribution in [1.29, 1.82) is 0 Å². The monoisotopic (exact) mass is 379 g/mol. The average Bonchev–Trinajstić information content (AvgIpc) is 3.37. The highest BCUT2D eigenvalue weighted by Crippen LogP contribution is 2.52. The molecule has 0 radical (unpaired) electrons. The van der Waals surface area contributed by atoms with Gasteiger partial charge in [-0.1, -0.05) is 0 Å². The van der Waals surface area contributed by atoms with Gasteiger partial charge in [-0.05, 0) is 31.0 Å². The van der Waals surface area contributed by atoms with E-state index in [4.69, 9.17) is 5.73 Å². The molecule has 0 unspecified atom stereocenters. The summed E-state index contributed by atoms with van der Waals surface area (Å²) in [6.45, 7) is 0. The average molecular weight is 379 g/mol. The van der Waals surface area contributed by atoms with Gasteiger partial charge in [-0.25, -0.2) is 27.6 Å². The predicted octanol–water partition coefficient (Wildman–Crippen LogP) is 1.65. The zero-order valence-corrected chi connectivity index (χ0v) is 15.0. The lowest BCUT2D eigenvalue weighted by atomic mass is 10.1. The van der Waals surface area contributed by atoms with Gasteiger partial charge in [-0.3, -0.25) is 0 Å². The lowest BCUT2D eigenvalue weighted by Gasteiger charge is -2.14. The fourth-order valence-electron chi connectivity index (χ4n) is 2.70. The predicted molar refractivity (Wildman–Crippen MR) is 95.7 cm³/mol. The highest BCUT2D eigenvalue weighted by molar-refractivity contribution is 7.91. The van der Waals surface area contributed by atoms with E-state index in [0.717, 1.165) is 12.3 Å². The van der Waals surface area contributed by atoms with Gasteiger partial charge in [0.1, 0.15) is 16.4 Å². The van der Waals surface area contributed by atoms with Crippen molar-refractivity contribution in [2.45, 2.75) is 17.6 Å². The first kappa shape index (κ1) is 18.1. The second kappa shape index (κ2) is 6.20. The Hall–Kier alpha value is -2.75. The Kier molecular flexibility index (Phi) is 4.31. The minimum absolute atomic E-state index is 0.00738. The summed E-state index contributed by atoms with van der Waals surface area (Å²) in [6.07, 6.45) is 2.09. The maximum atomic E-state index is 14.2. The van der Waals surface area contributed by atoms with Crippen LogP contribution >= 0.6 is 0 Å². The van der Waals surface area contributed by atoms with Crippen LogP contribution in [0, 0.1) is 5.82 Å². The number of nitrogens with two attached hydrogens (primary N) is 1. The van der Waals surface area contributed by atoms with Crippen molar-refractivity contribution in [2.75, 3.05) is 24.4 Å². The number of benzene rings is 1. The molecule has 1 fully saturated rings. The number of nitrogens with zero attached hydrogens (tertiary/aromatic N) is 2. The van der Waals surface area contributed by atoms with Crippen LogP contribution in [0.5, 0.6) is 0 Å². The third-order valence-corrected chi connectivity index (χ3v) is 6.37. The van der Waals surface area contributed by atoms with Crippen LogP contribution in [-0.2, 0) is 14.6 Å². The van der Waals surface area contributed by atoms with Gasteiger partial charge in [-0.2, -0.15) is 0 Å². The molecular weight excluding hydrogens is 361 g/mol. The van der Waals surface area contributed by atoms with Gasteiger partial charge in [0, 0.05) is 24.9 Å². The fourth-order valence-corrected chi connectivity index (χ4v) is 4.03. The van der Waals surface area contributed by atoms with E-state index in [1.54, 1.807) is 0 Å². The fraction of sp³-hybridized carbons (Fsp3) is 0.312. The molecule has 26 heavy (non-hydrogen) atoms. The van der Waals surface area contributed by atoms with E-state index in [0.29, 0.717) is 24.1 Å². The SMILES string of the molecule is CNC(=O)Nc1ccc(-c2nc(N)cc(C3(S(C)(=O)=O)CC3)n2)cc1F. The Bertz CT molecular complexity index is 989. The normalized spacial score (nSPS) is 15.3. The van der Waals surface area contributed by atoms with E-state index in [9.17, 15) is 17.6 Å². The molecule has 0 bridgehead atoms. The number of nitrogen functional groups attached to an aromatic ring is 1. The van der Waals surface area contributed by atoms with Crippen molar-refractivity contribution >= 4 is 27.4 Å². The minimum atomic E-state index is -3.37. The number of urea groups is 1. The third-order valence-electron chi connectivity index (χ3n) is 4.33. The molecule has 4 N–H and O–H groups in total. The minimum Gasteiger partial charge on any atom is -0.384 e. The van der Waals surface area contributed by atoms with Crippen molar-refractivity contribution < 1.29 is 17.6 Å². The maximum Gasteiger partial charge on any atom is 0.319 e. The molecule has 2 aromatic rings. The summed E-state index contributed by atoms with van der Waals surface area (Å²) in [7, 11) is -1.95. The van der Waals surface area contributed by atoms with Crippen molar-refractivity contribution in [3.8, 4) is 11.4 Å². The molecule has 3 rings (SSSR count). The Balaban J connectivity index is 2.01. The molecule has 0 spiro atoms. The van der Waals surface area contributed by atoms with Crippen molar-refractivity contribution in [3.05, 3.63) is 35.8 Å². The summed E-state index contributed by atoms with van der Waals surface area (Å²) in [4.78, 5) is 19.7. The molecule has 1 aromatic heterocycles. The second-order valence-corrected chi connectivity index (χ2v) is 8.49. The number of rotatable bonds is 4. The smallest absolute Gasteiger partial charge is 0.319 e. The molecule has 1 aliphatic carbocycles. The molecule has 1 heterocycles. The number of anilines is 2. The Morgan fingerprint density at radius 1 is 1.27 bits per heavy atom. The van der Waals surface area contributed by atoms with Crippen LogP contribution in [0.25, 0.3) is 11.4 Å². The molecule has 1 saturated carbocycles. The summed E-state index contributed by atoms with van der Waals surface area (Å²) in [5.74, 6) is -0.448. The molecular formula is C16H18FN5O3S. The number of halogens is 1. The number of sulfone groups is 1. The number of carbonyl (C=O) groups is 1. The summed E-state index contributed by atoms with van der Waals surface area (Å²) in [5.41, 5.74) is 6.44. The lowest BCUT2D eigenvalue weighted by molar-refractivity contribution is 0.254. The van der Waals surface area contributed by atoms with E-state index in [1.165, 1.54) is 25.2 Å². The Labute approximate surface area is 150 Å². The number of nitrogens with one attached hydrogen (secondary N) is 2. The zero-order valence-electron chi connectivity index (χ0n) is 14.2. The maximum absolute atomic E-state index is 14.2. The molecule has 0 atom stereocenters. The summed E-state index contributed by atoms with van der Waals surface area (Å²) in [6, 6.07) is 4.94. The molecule has 0 aliphatic heterocycles. The first-order valence-corrected chi connectivity index (χ1v) is 9.69. The van der Waals surface area contributed by atoms with E-state index in [1.807, 2.05) is 0 Å². The largest absolute Gasteiger partial charge is 0.384 e. The highest BCUT2D eigenvalue weighted by Gasteiger charge is 2.55. The number of hydrogen-bond acceptors (Lipinski definition) is 6. The number of amides is 2. The van der Waals surface area contributed by atoms with Gasteiger partial charge in [0.15, 0.2) is 15.7 Å². The van der Waals surface area contributed by atoms with Gasteiger partial charge in [-0.15, -0.1) is 0 Å². The van der Waals surface area contributed by atoms with Crippen LogP contribution < -0.4 is 16.4 Å². The second-order valence-electron chi connectivity index (χ2n) is 6.17. The van der Waals surface area contributed by atoms with Gasteiger partial charge in [0.25, 0.3) is 0 Å². The molecule has 10 heteroatoms. The first-order valence-electron chi connectivity index (χ1n) is 7.79. The van der Waals surface area contributed by atoms with Crippen molar-refractivity contribution in [1.82, 2.24) is 15.3 Å². The van der Waals surface area contributed by atoms with E-state index in [-0.39, 0.29) is 17.3 Å². The molecule has 2 amide bonds. The quantitative estimate of drug-likeness (QED) is 0.741. The van der Waals surface area contributed by atoms with E-state index >= 15 is 0 Å². The molecule has 0 saturated heterocycles. The van der Waals surface area contributed by atoms with Gasteiger partial charge in [0.2, 0.25) is 0 Å². The number of hydrogen-bond donors (Lipinski definition) is 3. The zero-order chi connectivity index (χ0) is 19.1. The standard InChI is InChI=1S/C16H18FN5O3S/c1-19-15(23)20-11-4-3-9(7-10(11)17)14-21-12(8-13(18)22-14)16(5-6-16)26(2,24)25/h3-4,7-8H,5-6H2,1-2H3,(H2,18,21,22)(H2,19,20,23). The van der Waals surface area contributed by atoms with E-state index < -0.39 is 26.4 Å². The van der Waals surface area contributed by atoms with Crippen LogP contribution in [0.1, 0.15) is 18.5 Å². The summed E-state index contributed by atoms with van der Waals surface area (Å²) < 4.78 is 37.4. The Morgan fingerprint density at radius 2 is 1.96 bits per heavy atom. The Morgan fingerprint density at radius 3 is 2.50 bits per heavy atom. The van der Waals surface area contributed by atoms with Crippen molar-refractivity contribution in [2.24, 2.45) is 0 Å². The van der Waals surface area contributed by atoms with Gasteiger partial charge >= 0.3 is 6.03 Å². The molecule has 1 aromatic carbocycles.